The van der Waals surface area contributed by atoms with Gasteiger partial charge in [-0.15, -0.1) is 0 Å². The molecular weight excluding hydrogens is 468 g/mol. The zero-order chi connectivity index (χ0) is 26.5. The first kappa shape index (κ1) is 25.9. The van der Waals surface area contributed by atoms with Gasteiger partial charge in [0.25, 0.3) is 5.91 Å². The molecule has 0 saturated heterocycles. The number of nitrogens with one attached hydrogen (secondary N) is 1. The quantitative estimate of drug-likeness (QED) is 0.476. The Morgan fingerprint density at radius 1 is 1.14 bits per heavy atom. The van der Waals surface area contributed by atoms with Crippen molar-refractivity contribution in [3.8, 4) is 11.4 Å². The van der Waals surface area contributed by atoms with Crippen LogP contribution in [0.25, 0.3) is 11.4 Å². The maximum atomic E-state index is 13.4. The molecule has 3 saturated carbocycles. The normalized spacial score (nSPS) is 23.4. The van der Waals surface area contributed by atoms with E-state index in [4.69, 9.17) is 9.97 Å². The highest BCUT2D eigenvalue weighted by atomic mass is 16.4. The van der Waals surface area contributed by atoms with Gasteiger partial charge in [0.15, 0.2) is 0 Å². The van der Waals surface area contributed by atoms with Gasteiger partial charge in [-0.3, -0.25) is 9.59 Å². The molecule has 8 nitrogen and oxygen atoms in total. The molecule has 37 heavy (non-hydrogen) atoms. The molecule has 0 aromatic carbocycles. The molecule has 0 radical (unpaired) electrons. The Morgan fingerprint density at radius 2 is 1.81 bits per heavy atom. The number of hydrogen-bond acceptors (Lipinski definition) is 5. The number of carbonyl (C=O) groups is 2. The Morgan fingerprint density at radius 3 is 2.41 bits per heavy atom. The minimum absolute atomic E-state index is 0.0725. The Hall–Kier alpha value is -2.74. The molecule has 0 bridgehead atoms. The molecule has 0 atom stereocenters. The van der Waals surface area contributed by atoms with Crippen LogP contribution in [0.2, 0.25) is 0 Å². The Bertz CT molecular complexity index is 1170. The van der Waals surface area contributed by atoms with Crippen LogP contribution in [0.4, 0.5) is 0 Å². The van der Waals surface area contributed by atoms with Gasteiger partial charge in [0, 0.05) is 23.7 Å². The number of aromatic nitrogens is 3. The van der Waals surface area contributed by atoms with Gasteiger partial charge in [0.2, 0.25) is 0 Å². The highest BCUT2D eigenvalue weighted by Crippen LogP contribution is 2.47. The van der Waals surface area contributed by atoms with Crippen molar-refractivity contribution in [2.75, 3.05) is 0 Å². The van der Waals surface area contributed by atoms with E-state index in [1.54, 1.807) is 13.8 Å². The molecule has 8 heteroatoms. The van der Waals surface area contributed by atoms with Crippen LogP contribution in [0.5, 0.6) is 0 Å². The minimum Gasteiger partial charge on any atom is -0.481 e. The largest absolute Gasteiger partial charge is 0.481 e. The van der Waals surface area contributed by atoms with Crippen LogP contribution in [0, 0.1) is 18.8 Å². The first-order valence-corrected chi connectivity index (χ1v) is 13.8. The van der Waals surface area contributed by atoms with Crippen molar-refractivity contribution >= 4 is 11.9 Å². The molecule has 3 N–H and O–H groups in total. The second-order valence-electron chi connectivity index (χ2n) is 12.4. The fourth-order valence-electron chi connectivity index (χ4n) is 5.72. The lowest BCUT2D eigenvalue weighted by Crippen LogP contribution is -2.46. The van der Waals surface area contributed by atoms with E-state index in [2.05, 4.69) is 16.8 Å². The second kappa shape index (κ2) is 9.53. The Balaban J connectivity index is 1.52. The summed E-state index contributed by atoms with van der Waals surface area (Å²) in [5.41, 5.74) is 2.52. The molecule has 0 unspecified atom stereocenters. The highest BCUT2D eigenvalue weighted by molar-refractivity contribution is 5.97. The van der Waals surface area contributed by atoms with Gasteiger partial charge in [-0.1, -0.05) is 26.2 Å². The number of hydrogen-bond donors (Lipinski definition) is 3. The monoisotopic (exact) mass is 508 g/mol. The molecule has 2 aromatic rings. The number of amides is 1. The lowest BCUT2D eigenvalue weighted by atomic mass is 9.80. The molecule has 3 fully saturated rings. The van der Waals surface area contributed by atoms with E-state index in [-0.39, 0.29) is 23.3 Å². The summed E-state index contributed by atoms with van der Waals surface area (Å²) < 4.78 is 2.24. The van der Waals surface area contributed by atoms with Gasteiger partial charge in [-0.25, -0.2) is 9.97 Å². The number of rotatable bonds is 8. The zero-order valence-corrected chi connectivity index (χ0v) is 22.5. The number of aliphatic hydroxyl groups is 1. The van der Waals surface area contributed by atoms with E-state index >= 15 is 0 Å². The Labute approximate surface area is 218 Å². The lowest BCUT2D eigenvalue weighted by molar-refractivity contribution is -0.145. The molecule has 2 heterocycles. The van der Waals surface area contributed by atoms with Crippen LogP contribution in [-0.4, -0.2) is 42.7 Å². The summed E-state index contributed by atoms with van der Waals surface area (Å²) in [7, 11) is 0. The molecule has 0 aliphatic heterocycles. The molecule has 0 spiro atoms. The molecule has 200 valence electrons. The van der Waals surface area contributed by atoms with Crippen molar-refractivity contribution in [1.82, 2.24) is 19.9 Å². The first-order valence-electron chi connectivity index (χ1n) is 13.8. The van der Waals surface area contributed by atoms with E-state index in [1.165, 1.54) is 32.1 Å². The fraction of sp³-hybridized carbons (Fsp3) is 0.655. The smallest absolute Gasteiger partial charge is 0.306 e. The number of carbonyl (C=O) groups excluding carboxylic acids is 1. The average Bonchev–Trinajstić information content (AvgIpc) is 3.50. The van der Waals surface area contributed by atoms with Gasteiger partial charge in [-0.2, -0.15) is 0 Å². The molecular formula is C29H40N4O4. The number of carboxylic acid groups (broad SMARTS) is 1. The van der Waals surface area contributed by atoms with Gasteiger partial charge < -0.3 is 20.1 Å². The summed E-state index contributed by atoms with van der Waals surface area (Å²) in [6, 6.07) is 3.68. The zero-order valence-electron chi connectivity index (χ0n) is 22.5. The van der Waals surface area contributed by atoms with Crippen LogP contribution < -0.4 is 5.32 Å². The summed E-state index contributed by atoms with van der Waals surface area (Å²) in [5, 5.41) is 23.1. The van der Waals surface area contributed by atoms with Crippen LogP contribution in [-0.2, 0) is 22.4 Å². The highest BCUT2D eigenvalue weighted by Gasteiger charge is 2.43. The van der Waals surface area contributed by atoms with Crippen molar-refractivity contribution in [2.24, 2.45) is 11.8 Å². The summed E-state index contributed by atoms with van der Waals surface area (Å²) in [6.07, 6.45) is 9.10. The third-order valence-electron chi connectivity index (χ3n) is 8.75. The second-order valence-corrected chi connectivity index (χ2v) is 12.4. The summed E-state index contributed by atoms with van der Waals surface area (Å²) >= 11 is 0. The third kappa shape index (κ3) is 5.31. The van der Waals surface area contributed by atoms with Crippen LogP contribution in [0.3, 0.4) is 0 Å². The van der Waals surface area contributed by atoms with Gasteiger partial charge >= 0.3 is 5.97 Å². The summed E-state index contributed by atoms with van der Waals surface area (Å²) in [5.74, 6) is -0.0320. The van der Waals surface area contributed by atoms with E-state index in [1.807, 2.05) is 19.1 Å². The van der Waals surface area contributed by atoms with Gasteiger partial charge in [0.05, 0.1) is 28.6 Å². The summed E-state index contributed by atoms with van der Waals surface area (Å²) in [4.78, 5) is 34.3. The first-order chi connectivity index (χ1) is 17.4. The van der Waals surface area contributed by atoms with Crippen molar-refractivity contribution < 1.29 is 19.8 Å². The van der Waals surface area contributed by atoms with E-state index in [0.717, 1.165) is 42.3 Å². The van der Waals surface area contributed by atoms with Gasteiger partial charge in [-0.05, 0) is 77.3 Å². The molecule has 1 amide bonds. The van der Waals surface area contributed by atoms with E-state index in [0.29, 0.717) is 30.0 Å². The molecule has 3 aliphatic rings. The molecule has 5 rings (SSSR count). The fourth-order valence-corrected chi connectivity index (χ4v) is 5.72. The maximum Gasteiger partial charge on any atom is 0.306 e. The van der Waals surface area contributed by atoms with E-state index in [9.17, 15) is 19.8 Å². The van der Waals surface area contributed by atoms with Crippen LogP contribution in [0.15, 0.2) is 12.1 Å². The number of aliphatic carboxylic acids is 1. The summed E-state index contributed by atoms with van der Waals surface area (Å²) in [6.45, 7) is 8.46. The van der Waals surface area contributed by atoms with Crippen molar-refractivity contribution in [3.05, 3.63) is 34.9 Å². The van der Waals surface area contributed by atoms with Crippen molar-refractivity contribution in [1.29, 1.82) is 0 Å². The maximum absolute atomic E-state index is 13.4. The van der Waals surface area contributed by atoms with Crippen LogP contribution in [0.1, 0.15) is 106 Å². The van der Waals surface area contributed by atoms with Crippen molar-refractivity contribution in [2.45, 2.75) is 109 Å². The topological polar surface area (TPSA) is 117 Å². The predicted octanol–water partition coefficient (Wildman–Crippen LogP) is 4.71. The standard InChI is InChI=1S/C29H40N4O4/c1-17-21(25(34)30-20-12-19(13-20)26(35)36)14-23(33(17)16-18-8-6-5-7-9-18)22-15-24(28(2,3)37)32-27(31-22)29(4)10-11-29/h14-15,18-20,37H,5-13,16H2,1-4H3,(H,30,34)(H,35,36)/t19-,20-. The minimum atomic E-state index is -1.11. The van der Waals surface area contributed by atoms with Crippen molar-refractivity contribution in [3.63, 3.8) is 0 Å². The van der Waals surface area contributed by atoms with Gasteiger partial charge in [0.1, 0.15) is 11.4 Å². The SMILES string of the molecule is Cc1c(C(=O)N[C@H]2C[C@H](C(=O)O)C2)cc(-c2cc(C(C)(C)O)nc(C3(C)CC3)n2)n1CC1CCCCC1. The molecule has 2 aromatic heterocycles. The number of nitrogens with zero attached hydrogens (tertiary/aromatic N) is 3. The third-order valence-corrected chi connectivity index (χ3v) is 8.75. The average molecular weight is 509 g/mol. The Kier molecular flexibility index (Phi) is 6.67. The lowest BCUT2D eigenvalue weighted by Gasteiger charge is -2.32. The van der Waals surface area contributed by atoms with Crippen LogP contribution >= 0.6 is 0 Å². The number of carboxylic acids is 1. The predicted molar refractivity (Wildman–Crippen MR) is 140 cm³/mol. The van der Waals surface area contributed by atoms with E-state index < -0.39 is 11.6 Å². The molecule has 3 aliphatic carbocycles.